The summed E-state index contributed by atoms with van der Waals surface area (Å²) in [6, 6.07) is 3.95. The SMILES string of the molecule is O=C1CCC(Oc2ccc(OC(F)(F)F)c(Br)c2)C1. The Morgan fingerprint density at radius 1 is 1.32 bits per heavy atom. The first-order valence-corrected chi connectivity index (χ1v) is 6.36. The lowest BCUT2D eigenvalue weighted by atomic mass is 10.3. The van der Waals surface area contributed by atoms with Gasteiger partial charge >= 0.3 is 6.36 Å². The molecule has 0 radical (unpaired) electrons. The zero-order valence-electron chi connectivity index (χ0n) is 9.67. The topological polar surface area (TPSA) is 35.5 Å². The Hall–Kier alpha value is -1.24. The second-order valence-electron chi connectivity index (χ2n) is 4.16. The van der Waals surface area contributed by atoms with Gasteiger partial charge in [-0.2, -0.15) is 0 Å². The maximum Gasteiger partial charge on any atom is 0.573 e. The maximum atomic E-state index is 12.1. The molecule has 1 aromatic carbocycles. The van der Waals surface area contributed by atoms with Crippen molar-refractivity contribution >= 4 is 21.7 Å². The monoisotopic (exact) mass is 338 g/mol. The quantitative estimate of drug-likeness (QED) is 0.839. The van der Waals surface area contributed by atoms with Gasteiger partial charge in [-0.05, 0) is 40.5 Å². The van der Waals surface area contributed by atoms with E-state index in [0.717, 1.165) is 0 Å². The minimum absolute atomic E-state index is 0.140. The van der Waals surface area contributed by atoms with Crippen LogP contribution in [0.2, 0.25) is 0 Å². The molecular weight excluding hydrogens is 329 g/mol. The molecule has 0 aliphatic heterocycles. The molecule has 2 rings (SSSR count). The van der Waals surface area contributed by atoms with E-state index in [2.05, 4.69) is 20.7 Å². The van der Waals surface area contributed by atoms with E-state index in [-0.39, 0.29) is 22.1 Å². The third-order valence-corrected chi connectivity index (χ3v) is 3.25. The number of benzene rings is 1. The van der Waals surface area contributed by atoms with E-state index in [1.54, 1.807) is 0 Å². The molecule has 0 spiro atoms. The smallest absolute Gasteiger partial charge is 0.490 e. The molecule has 19 heavy (non-hydrogen) atoms. The third kappa shape index (κ3) is 4.12. The molecule has 1 saturated carbocycles. The van der Waals surface area contributed by atoms with Crippen molar-refractivity contribution in [3.05, 3.63) is 22.7 Å². The van der Waals surface area contributed by atoms with Crippen LogP contribution < -0.4 is 9.47 Å². The van der Waals surface area contributed by atoms with E-state index in [4.69, 9.17) is 4.74 Å². The molecule has 1 aliphatic carbocycles. The number of ether oxygens (including phenoxy) is 2. The van der Waals surface area contributed by atoms with Gasteiger partial charge in [0.2, 0.25) is 0 Å². The van der Waals surface area contributed by atoms with Crippen LogP contribution in [0.5, 0.6) is 11.5 Å². The lowest BCUT2D eigenvalue weighted by molar-refractivity contribution is -0.274. The summed E-state index contributed by atoms with van der Waals surface area (Å²) in [7, 11) is 0. The molecule has 1 aromatic rings. The third-order valence-electron chi connectivity index (χ3n) is 2.63. The van der Waals surface area contributed by atoms with Crippen LogP contribution in [0.4, 0.5) is 13.2 Å². The minimum atomic E-state index is -4.73. The number of carbonyl (C=O) groups excluding carboxylic acids is 1. The minimum Gasteiger partial charge on any atom is -0.490 e. The molecule has 0 heterocycles. The van der Waals surface area contributed by atoms with Gasteiger partial charge in [0.25, 0.3) is 0 Å². The summed E-state index contributed by atoms with van der Waals surface area (Å²) in [5.74, 6) is 0.213. The standard InChI is InChI=1S/C12H10BrF3O3/c13-10-6-9(18-8-2-1-7(17)5-8)3-4-11(10)19-12(14,15)16/h3-4,6,8H,1-2,5H2. The van der Waals surface area contributed by atoms with Crippen LogP contribution in [0.15, 0.2) is 22.7 Å². The molecule has 1 aliphatic rings. The van der Waals surface area contributed by atoms with Gasteiger partial charge in [0.15, 0.2) is 0 Å². The highest BCUT2D eigenvalue weighted by molar-refractivity contribution is 9.10. The summed E-state index contributed by atoms with van der Waals surface area (Å²) < 4.78 is 45.7. The molecule has 7 heteroatoms. The van der Waals surface area contributed by atoms with Gasteiger partial charge in [0.1, 0.15) is 23.4 Å². The molecule has 0 amide bonds. The fourth-order valence-electron chi connectivity index (χ4n) is 1.84. The lowest BCUT2D eigenvalue weighted by Gasteiger charge is -2.15. The van der Waals surface area contributed by atoms with Crippen LogP contribution in [0.1, 0.15) is 19.3 Å². The van der Waals surface area contributed by atoms with Crippen molar-refractivity contribution in [1.29, 1.82) is 0 Å². The molecule has 0 saturated heterocycles. The van der Waals surface area contributed by atoms with Crippen LogP contribution >= 0.6 is 15.9 Å². The zero-order chi connectivity index (χ0) is 14.0. The zero-order valence-corrected chi connectivity index (χ0v) is 11.3. The normalized spacial score (nSPS) is 19.6. The van der Waals surface area contributed by atoms with Gasteiger partial charge in [-0.1, -0.05) is 0 Å². The molecule has 0 aromatic heterocycles. The largest absolute Gasteiger partial charge is 0.573 e. The van der Waals surface area contributed by atoms with Crippen molar-refractivity contribution < 1.29 is 27.4 Å². The van der Waals surface area contributed by atoms with Crippen molar-refractivity contribution in [3.8, 4) is 11.5 Å². The van der Waals surface area contributed by atoms with Gasteiger partial charge in [-0.3, -0.25) is 4.79 Å². The van der Waals surface area contributed by atoms with Crippen molar-refractivity contribution in [3.63, 3.8) is 0 Å². The number of carbonyl (C=O) groups is 1. The summed E-state index contributed by atoms with van der Waals surface area (Å²) in [5, 5.41) is 0. The molecule has 1 unspecified atom stereocenters. The number of halogens is 4. The van der Waals surface area contributed by atoms with Gasteiger partial charge in [-0.25, -0.2) is 0 Å². The Kier molecular flexibility index (Phi) is 4.03. The predicted molar refractivity (Wildman–Crippen MR) is 64.1 cm³/mol. The van der Waals surface area contributed by atoms with Crippen LogP contribution in [-0.2, 0) is 4.79 Å². The molecule has 104 valence electrons. The number of hydrogen-bond donors (Lipinski definition) is 0. The number of ketones is 1. The molecule has 0 bridgehead atoms. The van der Waals surface area contributed by atoms with Crippen molar-refractivity contribution in [2.45, 2.75) is 31.7 Å². The fraction of sp³-hybridized carbons (Fsp3) is 0.417. The molecule has 3 nitrogen and oxygen atoms in total. The second kappa shape index (κ2) is 5.40. The predicted octanol–water partition coefficient (Wildman–Crippen LogP) is 3.85. The summed E-state index contributed by atoms with van der Waals surface area (Å²) >= 11 is 2.99. The lowest BCUT2D eigenvalue weighted by Crippen LogP contribution is -2.17. The summed E-state index contributed by atoms with van der Waals surface area (Å²) in [6.07, 6.45) is -3.46. The molecular formula is C12H10BrF3O3. The maximum absolute atomic E-state index is 12.1. The summed E-state index contributed by atoms with van der Waals surface area (Å²) in [6.45, 7) is 0. The number of hydrogen-bond acceptors (Lipinski definition) is 3. The first-order valence-electron chi connectivity index (χ1n) is 5.57. The summed E-state index contributed by atoms with van der Waals surface area (Å²) in [5.41, 5.74) is 0. The Labute approximate surface area is 115 Å². The van der Waals surface area contributed by atoms with Crippen LogP contribution in [0, 0.1) is 0 Å². The van der Waals surface area contributed by atoms with Gasteiger partial charge in [0, 0.05) is 12.8 Å². The van der Waals surface area contributed by atoms with Crippen molar-refractivity contribution in [2.75, 3.05) is 0 Å². The second-order valence-corrected chi connectivity index (χ2v) is 5.02. The number of rotatable bonds is 3. The highest BCUT2D eigenvalue weighted by Gasteiger charge is 2.32. The number of Topliss-reactive ketones (excluding diaryl/α,β-unsaturated/α-hetero) is 1. The Morgan fingerprint density at radius 2 is 2.05 bits per heavy atom. The van der Waals surface area contributed by atoms with Crippen molar-refractivity contribution in [2.24, 2.45) is 0 Å². The Morgan fingerprint density at radius 3 is 2.58 bits per heavy atom. The highest BCUT2D eigenvalue weighted by atomic mass is 79.9. The van der Waals surface area contributed by atoms with E-state index < -0.39 is 6.36 Å². The van der Waals surface area contributed by atoms with Gasteiger partial charge in [-0.15, -0.1) is 13.2 Å². The highest BCUT2D eigenvalue weighted by Crippen LogP contribution is 2.34. The summed E-state index contributed by atoms with van der Waals surface area (Å²) in [4.78, 5) is 11.1. The molecule has 1 atom stereocenters. The van der Waals surface area contributed by atoms with Gasteiger partial charge < -0.3 is 9.47 Å². The van der Waals surface area contributed by atoms with E-state index in [1.807, 2.05) is 0 Å². The van der Waals surface area contributed by atoms with Crippen LogP contribution in [-0.4, -0.2) is 18.2 Å². The Bertz CT molecular complexity index is 488. The van der Waals surface area contributed by atoms with Crippen LogP contribution in [0.3, 0.4) is 0 Å². The van der Waals surface area contributed by atoms with E-state index in [1.165, 1.54) is 18.2 Å². The van der Waals surface area contributed by atoms with E-state index in [9.17, 15) is 18.0 Å². The molecule has 0 N–H and O–H groups in total. The first kappa shape index (κ1) is 14.2. The average Bonchev–Trinajstić information content (AvgIpc) is 2.66. The number of alkyl halides is 3. The van der Waals surface area contributed by atoms with E-state index in [0.29, 0.717) is 25.0 Å². The van der Waals surface area contributed by atoms with Crippen LogP contribution in [0.25, 0.3) is 0 Å². The average molecular weight is 339 g/mol. The molecule has 1 fully saturated rings. The van der Waals surface area contributed by atoms with Crippen molar-refractivity contribution in [1.82, 2.24) is 0 Å². The first-order chi connectivity index (χ1) is 8.83. The fourth-order valence-corrected chi connectivity index (χ4v) is 2.27. The van der Waals surface area contributed by atoms with Gasteiger partial charge in [0.05, 0.1) is 4.47 Å². The van der Waals surface area contributed by atoms with E-state index >= 15 is 0 Å². The Balaban J connectivity index is 2.04.